The summed E-state index contributed by atoms with van der Waals surface area (Å²) < 4.78 is 0. The number of hydrogen-bond donors (Lipinski definition) is 1. The fourth-order valence-electron chi connectivity index (χ4n) is 4.85. The summed E-state index contributed by atoms with van der Waals surface area (Å²) in [5.41, 5.74) is 3.98. The Morgan fingerprint density at radius 3 is 2.59 bits per heavy atom. The number of likely N-dealkylation sites (tertiary alicyclic amines) is 2. The van der Waals surface area contributed by atoms with E-state index in [9.17, 15) is 4.79 Å². The smallest absolute Gasteiger partial charge is 0.252 e. The summed E-state index contributed by atoms with van der Waals surface area (Å²) in [5.74, 6) is 0.440. The number of pyridine rings is 1. The number of carbonyl (C=O) groups is 1. The molecule has 3 heterocycles. The van der Waals surface area contributed by atoms with Crippen molar-refractivity contribution >= 4 is 5.91 Å². The van der Waals surface area contributed by atoms with E-state index in [1.54, 1.807) is 6.20 Å². The van der Waals surface area contributed by atoms with Crippen LogP contribution in [0.2, 0.25) is 0 Å². The van der Waals surface area contributed by atoms with Gasteiger partial charge in [0, 0.05) is 30.9 Å². The third-order valence-corrected chi connectivity index (χ3v) is 7.18. The highest BCUT2D eigenvalue weighted by molar-refractivity contribution is 5.94. The minimum Gasteiger partial charge on any atom is -0.352 e. The second kappa shape index (κ2) is 11.1. The van der Waals surface area contributed by atoms with E-state index in [-0.39, 0.29) is 5.91 Å². The molecule has 0 saturated carbocycles. The number of amides is 1. The molecule has 2 aliphatic heterocycles. The molecule has 1 aromatic heterocycles. The zero-order valence-electron chi connectivity index (χ0n) is 19.7. The molecule has 0 aliphatic carbocycles. The summed E-state index contributed by atoms with van der Waals surface area (Å²) in [5, 5.41) is 3.00. The number of aromatic nitrogens is 1. The van der Waals surface area contributed by atoms with Gasteiger partial charge in [0.05, 0.1) is 11.3 Å². The summed E-state index contributed by atoms with van der Waals surface area (Å²) in [6.07, 6.45) is 8.10. The highest BCUT2D eigenvalue weighted by Crippen LogP contribution is 2.24. The Labute approximate surface area is 193 Å². The van der Waals surface area contributed by atoms with Crippen LogP contribution in [0.15, 0.2) is 42.6 Å². The second-order valence-corrected chi connectivity index (χ2v) is 9.61. The molecule has 1 atom stereocenters. The number of nitrogens with one attached hydrogen (secondary N) is 1. The standard InChI is InChI=1S/C27H38N4O/c1-3-21(2)18-29-27(32)24-9-10-26(28-19-24)23-8-6-7-22(17-23)20-30-15-11-25(12-16-30)31-13-4-5-14-31/h6-10,17,19,21,25H,3-5,11-16,18,20H2,1-2H3,(H,29,32)/t21-/m0/s1. The minimum absolute atomic E-state index is 0.0459. The van der Waals surface area contributed by atoms with Gasteiger partial charge < -0.3 is 10.2 Å². The zero-order valence-corrected chi connectivity index (χ0v) is 19.7. The van der Waals surface area contributed by atoms with Gasteiger partial charge in [-0.3, -0.25) is 14.7 Å². The van der Waals surface area contributed by atoms with E-state index >= 15 is 0 Å². The Balaban J connectivity index is 1.32. The van der Waals surface area contributed by atoms with Crippen molar-refractivity contribution in [1.29, 1.82) is 0 Å². The molecule has 5 nitrogen and oxygen atoms in total. The summed E-state index contributed by atoms with van der Waals surface area (Å²) in [4.78, 5) is 22.2. The van der Waals surface area contributed by atoms with Gasteiger partial charge in [0.15, 0.2) is 0 Å². The molecule has 4 rings (SSSR count). The first kappa shape index (κ1) is 22.9. The number of hydrogen-bond acceptors (Lipinski definition) is 4. The van der Waals surface area contributed by atoms with E-state index in [2.05, 4.69) is 58.2 Å². The van der Waals surface area contributed by atoms with Crippen LogP contribution in [-0.4, -0.2) is 59.5 Å². The first-order chi connectivity index (χ1) is 15.6. The molecule has 0 radical (unpaired) electrons. The Morgan fingerprint density at radius 2 is 1.91 bits per heavy atom. The quantitative estimate of drug-likeness (QED) is 0.660. The number of carbonyl (C=O) groups excluding carboxylic acids is 1. The maximum absolute atomic E-state index is 12.3. The Morgan fingerprint density at radius 1 is 1.12 bits per heavy atom. The maximum atomic E-state index is 12.3. The molecule has 0 spiro atoms. The predicted molar refractivity (Wildman–Crippen MR) is 131 cm³/mol. The minimum atomic E-state index is -0.0459. The lowest BCUT2D eigenvalue weighted by atomic mass is 10.0. The van der Waals surface area contributed by atoms with E-state index in [4.69, 9.17) is 0 Å². The molecule has 0 bridgehead atoms. The normalized spacial score (nSPS) is 19.2. The predicted octanol–water partition coefficient (Wildman–Crippen LogP) is 4.58. The number of rotatable bonds is 8. The van der Waals surface area contributed by atoms with Crippen molar-refractivity contribution in [3.8, 4) is 11.3 Å². The van der Waals surface area contributed by atoms with E-state index in [0.29, 0.717) is 18.0 Å². The lowest BCUT2D eigenvalue weighted by Gasteiger charge is -2.36. The van der Waals surface area contributed by atoms with Crippen LogP contribution in [0.3, 0.4) is 0 Å². The average Bonchev–Trinajstić information content (AvgIpc) is 3.38. The molecule has 1 N–H and O–H groups in total. The van der Waals surface area contributed by atoms with Crippen LogP contribution >= 0.6 is 0 Å². The summed E-state index contributed by atoms with van der Waals surface area (Å²) in [6.45, 7) is 11.0. The fourth-order valence-corrected chi connectivity index (χ4v) is 4.85. The summed E-state index contributed by atoms with van der Waals surface area (Å²) in [7, 11) is 0. The molecule has 32 heavy (non-hydrogen) atoms. The van der Waals surface area contributed by atoms with Crippen molar-refractivity contribution in [2.45, 2.75) is 58.5 Å². The topological polar surface area (TPSA) is 48.5 Å². The molecule has 172 valence electrons. The summed E-state index contributed by atoms with van der Waals surface area (Å²) >= 11 is 0. The van der Waals surface area contributed by atoms with Gasteiger partial charge in [-0.25, -0.2) is 0 Å². The molecule has 0 unspecified atom stereocenters. The van der Waals surface area contributed by atoms with E-state index in [1.165, 1.54) is 57.4 Å². The Bertz CT molecular complexity index is 867. The highest BCUT2D eigenvalue weighted by Gasteiger charge is 2.26. The molecule has 2 fully saturated rings. The second-order valence-electron chi connectivity index (χ2n) is 9.61. The van der Waals surface area contributed by atoms with Crippen molar-refractivity contribution in [2.24, 2.45) is 5.92 Å². The van der Waals surface area contributed by atoms with Crippen LogP contribution in [0.5, 0.6) is 0 Å². The Kier molecular flexibility index (Phi) is 7.93. The van der Waals surface area contributed by atoms with E-state index in [0.717, 1.165) is 30.3 Å². The molecular formula is C27H38N4O. The first-order valence-electron chi connectivity index (χ1n) is 12.4. The monoisotopic (exact) mass is 434 g/mol. The van der Waals surface area contributed by atoms with Crippen LogP contribution in [0.4, 0.5) is 0 Å². The van der Waals surface area contributed by atoms with Crippen molar-refractivity contribution in [3.05, 3.63) is 53.7 Å². The van der Waals surface area contributed by atoms with Crippen LogP contribution in [0.1, 0.15) is 61.9 Å². The first-order valence-corrected chi connectivity index (χ1v) is 12.4. The molecular weight excluding hydrogens is 396 g/mol. The van der Waals surface area contributed by atoms with Gasteiger partial charge in [-0.1, -0.05) is 38.5 Å². The average molecular weight is 435 g/mol. The van der Waals surface area contributed by atoms with Crippen LogP contribution in [0.25, 0.3) is 11.3 Å². The molecule has 1 amide bonds. The number of nitrogens with zero attached hydrogens (tertiary/aromatic N) is 3. The third kappa shape index (κ3) is 5.96. The Hall–Kier alpha value is -2.24. The number of piperidine rings is 1. The van der Waals surface area contributed by atoms with Crippen molar-refractivity contribution in [1.82, 2.24) is 20.1 Å². The van der Waals surface area contributed by atoms with Gasteiger partial charge in [0.25, 0.3) is 5.91 Å². The summed E-state index contributed by atoms with van der Waals surface area (Å²) in [6, 6.07) is 13.3. The van der Waals surface area contributed by atoms with Gasteiger partial charge in [-0.05, 0) is 81.5 Å². The molecule has 2 aliphatic rings. The van der Waals surface area contributed by atoms with Crippen molar-refractivity contribution in [3.63, 3.8) is 0 Å². The molecule has 5 heteroatoms. The zero-order chi connectivity index (χ0) is 22.3. The third-order valence-electron chi connectivity index (χ3n) is 7.18. The lowest BCUT2D eigenvalue weighted by Crippen LogP contribution is -2.43. The maximum Gasteiger partial charge on any atom is 0.252 e. The van der Waals surface area contributed by atoms with Crippen LogP contribution in [0, 0.1) is 5.92 Å². The van der Waals surface area contributed by atoms with Gasteiger partial charge in [0.2, 0.25) is 0 Å². The fraction of sp³-hybridized carbons (Fsp3) is 0.556. The van der Waals surface area contributed by atoms with Gasteiger partial charge >= 0.3 is 0 Å². The molecule has 1 aromatic carbocycles. The van der Waals surface area contributed by atoms with Crippen molar-refractivity contribution in [2.75, 3.05) is 32.7 Å². The lowest BCUT2D eigenvalue weighted by molar-refractivity contribution is 0.0947. The van der Waals surface area contributed by atoms with Gasteiger partial charge in [-0.2, -0.15) is 0 Å². The number of benzene rings is 1. The van der Waals surface area contributed by atoms with Crippen LogP contribution in [-0.2, 0) is 6.54 Å². The highest BCUT2D eigenvalue weighted by atomic mass is 16.1. The molecule has 2 saturated heterocycles. The van der Waals surface area contributed by atoms with Crippen LogP contribution < -0.4 is 5.32 Å². The van der Waals surface area contributed by atoms with Gasteiger partial charge in [0.1, 0.15) is 0 Å². The van der Waals surface area contributed by atoms with Gasteiger partial charge in [-0.15, -0.1) is 0 Å². The largest absolute Gasteiger partial charge is 0.352 e. The molecule has 2 aromatic rings. The van der Waals surface area contributed by atoms with E-state index < -0.39 is 0 Å². The van der Waals surface area contributed by atoms with Crippen molar-refractivity contribution < 1.29 is 4.79 Å². The SMILES string of the molecule is CC[C@H](C)CNC(=O)c1ccc(-c2cccc(CN3CCC(N4CCCC4)CC3)c2)nc1. The van der Waals surface area contributed by atoms with E-state index in [1.807, 2.05) is 12.1 Å².